The highest BCUT2D eigenvalue weighted by molar-refractivity contribution is 5.80. The zero-order valence-corrected chi connectivity index (χ0v) is 41.7. The van der Waals surface area contributed by atoms with Crippen molar-refractivity contribution in [3.8, 4) is 0 Å². The van der Waals surface area contributed by atoms with Crippen molar-refractivity contribution in [2.24, 2.45) is 0 Å². The summed E-state index contributed by atoms with van der Waals surface area (Å²) in [5, 5.41) is 0. The molecule has 0 saturated heterocycles. The number of hydrogen-bond donors (Lipinski definition) is 0. The highest BCUT2D eigenvalue weighted by Gasteiger charge is 2.42. The molecule has 2 amide bonds. The molecule has 0 spiro atoms. The van der Waals surface area contributed by atoms with Crippen LogP contribution in [-0.2, 0) is 19.1 Å². The van der Waals surface area contributed by atoms with E-state index in [0.717, 1.165) is 88.7 Å². The standard InChI is InChI=1S/C28H48N2O3.C28H52N2O/c31-27(29(23-13-5-1-6-14-23)24-15-7-2-8-16-24)21-33-22-28(32)30(25-17-9-3-10-18-25)26-19-11-4-12-20-26;1-2-31-23-28(29(24-15-7-3-8-16-24)25-17-9-4-10-18-25)30(26-19-11-5-12-20-26)27-21-13-6-14-22-27/h23-26H,1-22H2;24-28H,2-23H2,1H3. The number of ether oxygens (including phenoxy) is 2. The quantitative estimate of drug-likeness (QED) is 0.136. The van der Waals surface area contributed by atoms with E-state index in [-0.39, 0.29) is 25.0 Å². The van der Waals surface area contributed by atoms with Gasteiger partial charge in [0.15, 0.2) is 0 Å². The lowest BCUT2D eigenvalue weighted by Crippen LogP contribution is -2.64. The number of rotatable bonds is 17. The summed E-state index contributed by atoms with van der Waals surface area (Å²) in [6, 6.07) is 4.75. The second kappa shape index (κ2) is 28.3. The van der Waals surface area contributed by atoms with Crippen LogP contribution in [0.4, 0.5) is 0 Å². The number of amides is 2. The molecule has 8 saturated carbocycles. The van der Waals surface area contributed by atoms with Crippen LogP contribution in [0.25, 0.3) is 0 Å². The van der Waals surface area contributed by atoms with Gasteiger partial charge in [-0.1, -0.05) is 154 Å². The largest absolute Gasteiger partial charge is 0.379 e. The summed E-state index contributed by atoms with van der Waals surface area (Å²) in [7, 11) is 0. The summed E-state index contributed by atoms with van der Waals surface area (Å²) in [6.07, 6.45) is 53.6. The molecular weight excluding hydrogens is 793 g/mol. The number of carbonyl (C=O) groups is 2. The van der Waals surface area contributed by atoms with E-state index in [1.54, 1.807) is 0 Å². The minimum Gasteiger partial charge on any atom is -0.379 e. The lowest BCUT2D eigenvalue weighted by molar-refractivity contribution is -0.149. The zero-order valence-electron chi connectivity index (χ0n) is 41.7. The third kappa shape index (κ3) is 14.9. The summed E-state index contributed by atoms with van der Waals surface area (Å²) in [5.74, 6) is 0.256. The Labute approximate surface area is 393 Å². The molecule has 64 heavy (non-hydrogen) atoms. The van der Waals surface area contributed by atoms with Gasteiger partial charge in [0.25, 0.3) is 0 Å². The molecule has 8 rings (SSSR count). The van der Waals surface area contributed by atoms with Crippen molar-refractivity contribution in [3.05, 3.63) is 0 Å². The lowest BCUT2D eigenvalue weighted by Gasteiger charge is -2.54. The van der Waals surface area contributed by atoms with E-state index >= 15 is 0 Å². The predicted molar refractivity (Wildman–Crippen MR) is 263 cm³/mol. The van der Waals surface area contributed by atoms with Gasteiger partial charge in [0.05, 0.1) is 12.8 Å². The van der Waals surface area contributed by atoms with E-state index < -0.39 is 0 Å². The molecule has 8 nitrogen and oxygen atoms in total. The van der Waals surface area contributed by atoms with E-state index in [9.17, 15) is 9.59 Å². The monoisotopic (exact) mass is 893 g/mol. The molecule has 0 aromatic carbocycles. The van der Waals surface area contributed by atoms with Gasteiger partial charge < -0.3 is 19.3 Å². The van der Waals surface area contributed by atoms with Gasteiger partial charge in [-0.25, -0.2) is 0 Å². The van der Waals surface area contributed by atoms with E-state index in [4.69, 9.17) is 9.47 Å². The molecule has 8 heteroatoms. The molecule has 0 unspecified atom stereocenters. The van der Waals surface area contributed by atoms with Gasteiger partial charge in [0.2, 0.25) is 11.8 Å². The van der Waals surface area contributed by atoms with Gasteiger partial charge in [-0.15, -0.1) is 0 Å². The first kappa shape index (κ1) is 50.7. The number of carbonyl (C=O) groups excluding carboxylic acids is 2. The Morgan fingerprint density at radius 3 is 0.781 bits per heavy atom. The van der Waals surface area contributed by atoms with Crippen LogP contribution in [0.2, 0.25) is 0 Å². The van der Waals surface area contributed by atoms with Crippen LogP contribution in [0.5, 0.6) is 0 Å². The van der Waals surface area contributed by atoms with Gasteiger partial charge >= 0.3 is 0 Å². The third-order valence-corrected chi connectivity index (χ3v) is 18.0. The Hall–Kier alpha value is -1.22. The fourth-order valence-electron chi connectivity index (χ4n) is 14.9. The fourth-order valence-corrected chi connectivity index (χ4v) is 14.9. The van der Waals surface area contributed by atoms with Crippen LogP contribution in [0.15, 0.2) is 0 Å². The molecule has 8 fully saturated rings. The maximum absolute atomic E-state index is 13.4. The van der Waals surface area contributed by atoms with Gasteiger partial charge in [0, 0.05) is 54.9 Å². The molecule has 0 aromatic heterocycles. The van der Waals surface area contributed by atoms with Crippen molar-refractivity contribution in [2.75, 3.05) is 26.4 Å². The van der Waals surface area contributed by atoms with Gasteiger partial charge in [-0.2, -0.15) is 0 Å². The van der Waals surface area contributed by atoms with Crippen LogP contribution >= 0.6 is 0 Å². The SMILES string of the molecule is CCOCC(N(C1CCCCC1)C1CCCCC1)N(C1CCCCC1)C1CCCCC1.O=C(COCC(=O)N(C1CCCCC1)C1CCCCC1)N(C1CCCCC1)C1CCCCC1. The Morgan fingerprint density at radius 1 is 0.344 bits per heavy atom. The van der Waals surface area contributed by atoms with Crippen molar-refractivity contribution in [1.82, 2.24) is 19.6 Å². The highest BCUT2D eigenvalue weighted by Crippen LogP contribution is 2.39. The molecule has 368 valence electrons. The van der Waals surface area contributed by atoms with Gasteiger partial charge in [-0.05, 0) is 110 Å². The highest BCUT2D eigenvalue weighted by atomic mass is 16.5. The average Bonchev–Trinajstić information content (AvgIpc) is 3.36. The Bertz CT molecular complexity index is 1100. The molecule has 0 N–H and O–H groups in total. The minimum absolute atomic E-state index is 0.0713. The molecule has 0 aliphatic heterocycles. The lowest BCUT2D eigenvalue weighted by atomic mass is 9.85. The normalized spacial score (nSPS) is 25.4. The van der Waals surface area contributed by atoms with Gasteiger partial charge in [0.1, 0.15) is 13.2 Å². The van der Waals surface area contributed by atoms with Gasteiger partial charge in [-0.3, -0.25) is 19.4 Å². The summed E-state index contributed by atoms with van der Waals surface area (Å²) in [6.45, 7) is 4.15. The van der Waals surface area contributed by atoms with Crippen molar-refractivity contribution >= 4 is 11.8 Å². The summed E-state index contributed by atoms with van der Waals surface area (Å²) in [5.41, 5.74) is 0. The van der Waals surface area contributed by atoms with Crippen LogP contribution in [0.1, 0.15) is 264 Å². The molecule has 8 aliphatic rings. The van der Waals surface area contributed by atoms with Crippen LogP contribution in [0, 0.1) is 0 Å². The zero-order chi connectivity index (χ0) is 44.2. The van der Waals surface area contributed by atoms with Crippen molar-refractivity contribution in [2.45, 2.75) is 318 Å². The van der Waals surface area contributed by atoms with E-state index in [2.05, 4.69) is 26.5 Å². The first-order chi connectivity index (χ1) is 31.6. The maximum atomic E-state index is 13.4. The van der Waals surface area contributed by atoms with Crippen LogP contribution in [0.3, 0.4) is 0 Å². The van der Waals surface area contributed by atoms with Crippen LogP contribution < -0.4 is 0 Å². The maximum Gasteiger partial charge on any atom is 0.249 e. The molecule has 0 aromatic rings. The second-order valence-electron chi connectivity index (χ2n) is 22.5. The Balaban J connectivity index is 0.000000192. The molecule has 8 aliphatic carbocycles. The second-order valence-corrected chi connectivity index (χ2v) is 22.5. The smallest absolute Gasteiger partial charge is 0.249 e. The van der Waals surface area contributed by atoms with E-state index in [1.807, 2.05) is 0 Å². The molecule has 0 heterocycles. The average molecular weight is 893 g/mol. The van der Waals surface area contributed by atoms with E-state index in [1.165, 1.54) is 205 Å². The van der Waals surface area contributed by atoms with E-state index in [0.29, 0.717) is 30.3 Å². The predicted octanol–water partition coefficient (Wildman–Crippen LogP) is 13.3. The van der Waals surface area contributed by atoms with Crippen molar-refractivity contribution < 1.29 is 19.1 Å². The summed E-state index contributed by atoms with van der Waals surface area (Å²) >= 11 is 0. The first-order valence-corrected chi connectivity index (χ1v) is 28.9. The third-order valence-electron chi connectivity index (χ3n) is 18.0. The summed E-state index contributed by atoms with van der Waals surface area (Å²) < 4.78 is 12.2. The van der Waals surface area contributed by atoms with Crippen molar-refractivity contribution in [1.29, 1.82) is 0 Å². The Kier molecular flexibility index (Phi) is 22.4. The number of hydrogen-bond acceptors (Lipinski definition) is 6. The molecule has 0 bridgehead atoms. The topological polar surface area (TPSA) is 65.6 Å². The molecule has 0 atom stereocenters. The fraction of sp³-hybridized carbons (Fsp3) is 0.964. The first-order valence-electron chi connectivity index (χ1n) is 28.9. The number of nitrogens with zero attached hydrogens (tertiary/aromatic N) is 4. The molecule has 0 radical (unpaired) electrons. The van der Waals surface area contributed by atoms with Crippen LogP contribution in [-0.4, -0.2) is 112 Å². The Morgan fingerprint density at radius 2 is 0.562 bits per heavy atom. The van der Waals surface area contributed by atoms with Crippen molar-refractivity contribution in [3.63, 3.8) is 0 Å². The minimum atomic E-state index is 0.0713. The molecular formula is C56H100N4O4. The summed E-state index contributed by atoms with van der Waals surface area (Å²) in [4.78, 5) is 37.4.